The van der Waals surface area contributed by atoms with Crippen molar-refractivity contribution in [3.05, 3.63) is 261 Å². The predicted octanol–water partition coefficient (Wildman–Crippen LogP) is 21.0. The number of alkyl halides is 15. The second kappa shape index (κ2) is 36.9. The van der Waals surface area contributed by atoms with Crippen LogP contribution >= 0.6 is 0 Å². The third-order valence-electron chi connectivity index (χ3n) is 17.3. The van der Waals surface area contributed by atoms with Gasteiger partial charge in [0.05, 0.1) is 22.3 Å². The van der Waals surface area contributed by atoms with Crippen molar-refractivity contribution in [3.63, 3.8) is 0 Å². The number of carboxylic acids is 1. The van der Waals surface area contributed by atoms with Gasteiger partial charge in [0.2, 0.25) is 17.7 Å². The van der Waals surface area contributed by atoms with Crippen LogP contribution in [0, 0.1) is 17.8 Å². The summed E-state index contributed by atoms with van der Waals surface area (Å²) in [6.07, 6.45) is -18.9. The number of aromatic nitrogens is 3. The molecule has 0 atom stereocenters. The number of aromatic carboxylic acids is 1. The summed E-state index contributed by atoms with van der Waals surface area (Å²) in [6.45, 7) is 10.4. The number of nitrogens with two attached hydrogens (primary N) is 1. The van der Waals surface area contributed by atoms with Crippen LogP contribution in [0.3, 0.4) is 0 Å². The Labute approximate surface area is 645 Å². The Morgan fingerprint density at radius 1 is 0.374 bits per heavy atom. The normalized spacial score (nSPS) is 11.7. The van der Waals surface area contributed by atoms with Gasteiger partial charge in [-0.05, 0) is 143 Å². The van der Waals surface area contributed by atoms with E-state index in [-0.39, 0.29) is 79.1 Å². The molecule has 12 rings (SSSR count). The van der Waals surface area contributed by atoms with Crippen LogP contribution < -0.4 is 21.7 Å². The Morgan fingerprint density at radius 2 is 0.652 bits per heavy atom. The quantitative estimate of drug-likeness (QED) is 0.0240. The van der Waals surface area contributed by atoms with E-state index in [1.807, 2.05) is 0 Å². The summed E-state index contributed by atoms with van der Waals surface area (Å²) < 4.78 is 211. The number of hydrogen-bond donors (Lipinski definition) is 5. The van der Waals surface area contributed by atoms with Gasteiger partial charge in [0.25, 0.3) is 19.3 Å². The molecule has 6 aromatic carbocycles. The number of amides is 3. The first-order valence-corrected chi connectivity index (χ1v) is 34.9. The maximum absolute atomic E-state index is 13.6. The van der Waals surface area contributed by atoms with E-state index in [9.17, 15) is 94.6 Å². The van der Waals surface area contributed by atoms with Gasteiger partial charge >= 0.3 is 24.5 Å². The smallest absolute Gasteiger partial charge is 0.416 e. The number of benzene rings is 6. The maximum atomic E-state index is 13.6. The Morgan fingerprint density at radius 3 is 0.930 bits per heavy atom. The number of rotatable bonds is 22. The minimum Gasteiger partial charge on any atom is -0.478 e. The van der Waals surface area contributed by atoms with Gasteiger partial charge in [-0.25, -0.2) is 31.1 Å². The third-order valence-corrected chi connectivity index (χ3v) is 17.3. The molecule has 0 aliphatic heterocycles. The highest BCUT2D eigenvalue weighted by Crippen LogP contribution is 2.38. The number of nitrogens with one attached hydrogen (secondary N) is 3. The second-order valence-electron chi connectivity index (χ2n) is 27.0. The molecule has 0 fully saturated rings. The summed E-state index contributed by atoms with van der Waals surface area (Å²) in [6, 6.07) is 37.6. The van der Waals surface area contributed by atoms with Gasteiger partial charge in [0, 0.05) is 118 Å². The largest absolute Gasteiger partial charge is 0.478 e. The molecule has 6 aromatic heterocycles. The summed E-state index contributed by atoms with van der Waals surface area (Å²) in [4.78, 5) is 82.9. The molecule has 0 aliphatic carbocycles. The fourth-order valence-electron chi connectivity index (χ4n) is 11.1. The number of ketones is 2. The number of nitrogens with zero attached hydrogens (tertiary/aromatic N) is 3. The Hall–Kier alpha value is -12.6. The van der Waals surface area contributed by atoms with Crippen LogP contribution in [0.25, 0.3) is 66.9 Å². The molecule has 602 valence electrons. The summed E-state index contributed by atoms with van der Waals surface area (Å²) in [5.41, 5.74) is 6.28. The fourth-order valence-corrected chi connectivity index (χ4v) is 11.1. The lowest BCUT2D eigenvalue weighted by Gasteiger charge is -2.12. The highest BCUT2D eigenvalue weighted by molar-refractivity contribution is 6.00. The first-order valence-electron chi connectivity index (χ1n) is 34.9. The van der Waals surface area contributed by atoms with E-state index < -0.39 is 94.7 Å². The molecule has 0 radical (unpaired) electrons. The number of furan rings is 3. The number of halogens is 15. The summed E-state index contributed by atoms with van der Waals surface area (Å²) >= 11 is 0. The number of Topliss-reactive ketones (excluding diaryl/α,β-unsaturated/α-hetero) is 2. The molecule has 0 bridgehead atoms. The number of carbonyl (C=O) groups excluding carboxylic acids is 5. The van der Waals surface area contributed by atoms with E-state index in [0.29, 0.717) is 95.0 Å². The lowest BCUT2D eigenvalue weighted by molar-refractivity contribution is -0.138. The topological polar surface area (TPSA) is 263 Å². The van der Waals surface area contributed by atoms with Crippen LogP contribution in [0.1, 0.15) is 153 Å². The van der Waals surface area contributed by atoms with Crippen molar-refractivity contribution in [1.29, 1.82) is 0 Å². The van der Waals surface area contributed by atoms with Gasteiger partial charge in [-0.2, -0.15) is 39.5 Å². The molecular weight excluding hydrogens is 1540 g/mol. The van der Waals surface area contributed by atoms with Gasteiger partial charge in [-0.1, -0.05) is 90.1 Å². The average Bonchev–Trinajstić information content (AvgIpc) is 1.71. The van der Waals surface area contributed by atoms with E-state index in [1.54, 1.807) is 114 Å². The van der Waals surface area contributed by atoms with E-state index in [1.165, 1.54) is 60.9 Å². The van der Waals surface area contributed by atoms with Crippen molar-refractivity contribution in [2.75, 3.05) is 5.73 Å². The monoisotopic (exact) mass is 1610 g/mol. The standard InChI is InChI=1S/2C28H23F5N2O3.C15H10F3NO.C12H14F2N2O3/c2*1-15(2)27(37)35-14-17-10-21(25(26(29)30)34-13-17)22(36)11-16-3-8-23-19(9-16)12-24(38-23)18-4-6-20(7-5-18)28(31,32)33;16-15(17,18)11-3-1-9(2-4-11)14-8-10-7-12(19)5-6-13(10)20-14;1-6(2)11(17)16-5-7-3-8(12(18)19)9(10(13)14)15-4-7/h2*3-10,12-13,15,26H,11,14H2,1-2H3,(H,35,37);1-8H,19H2;3-4,6,10H,5H2,1-2H3,(H,16,17)(H,18,19). The molecule has 0 unspecified atom stereocenters. The van der Waals surface area contributed by atoms with Gasteiger partial charge in [-0.15, -0.1) is 0 Å². The number of carboxylic acid groups (broad SMARTS) is 1. The number of carbonyl (C=O) groups is 6. The lowest BCUT2D eigenvalue weighted by atomic mass is 9.99. The van der Waals surface area contributed by atoms with Crippen molar-refractivity contribution in [2.24, 2.45) is 17.8 Å². The molecule has 6 heterocycles. The van der Waals surface area contributed by atoms with Gasteiger partial charge in [0.1, 0.15) is 51.1 Å². The Balaban J connectivity index is 0.000000184. The predicted molar refractivity (Wildman–Crippen MR) is 395 cm³/mol. The first kappa shape index (κ1) is 86.3. The number of fused-ring (bicyclic) bond motifs is 3. The third kappa shape index (κ3) is 23.0. The summed E-state index contributed by atoms with van der Waals surface area (Å²) in [5.74, 6) is -2.81. The molecule has 0 spiro atoms. The van der Waals surface area contributed by atoms with Crippen LogP contribution in [-0.2, 0) is 65.4 Å². The molecule has 32 heteroatoms. The zero-order chi connectivity index (χ0) is 84.1. The highest BCUT2D eigenvalue weighted by Gasteiger charge is 2.33. The van der Waals surface area contributed by atoms with E-state index in [2.05, 4.69) is 30.9 Å². The van der Waals surface area contributed by atoms with Crippen molar-refractivity contribution in [2.45, 2.75) is 112 Å². The summed E-state index contributed by atoms with van der Waals surface area (Å²) in [7, 11) is 0. The van der Waals surface area contributed by atoms with Gasteiger partial charge < -0.3 is 40.0 Å². The molecule has 0 saturated heterocycles. The molecule has 17 nitrogen and oxygen atoms in total. The van der Waals surface area contributed by atoms with Crippen LogP contribution in [0.5, 0.6) is 0 Å². The first-order chi connectivity index (χ1) is 54.1. The van der Waals surface area contributed by atoms with Crippen molar-refractivity contribution >= 4 is 73.9 Å². The lowest BCUT2D eigenvalue weighted by Crippen LogP contribution is -2.27. The average molecular weight is 1610 g/mol. The van der Waals surface area contributed by atoms with Gasteiger partial charge in [-0.3, -0.25) is 38.9 Å². The van der Waals surface area contributed by atoms with Crippen molar-refractivity contribution in [1.82, 2.24) is 30.9 Å². The van der Waals surface area contributed by atoms with Crippen LogP contribution in [-0.4, -0.2) is 55.3 Å². The molecular formula is C83H70F15N7O10. The molecule has 0 aliphatic rings. The number of hydrogen-bond acceptors (Lipinski definition) is 13. The van der Waals surface area contributed by atoms with Crippen molar-refractivity contribution in [3.8, 4) is 34.0 Å². The van der Waals surface area contributed by atoms with E-state index >= 15 is 0 Å². The van der Waals surface area contributed by atoms with Gasteiger partial charge in [0.15, 0.2) is 11.6 Å². The Kier molecular flexibility index (Phi) is 27.7. The van der Waals surface area contributed by atoms with E-state index in [4.69, 9.17) is 24.1 Å². The number of anilines is 1. The van der Waals surface area contributed by atoms with Crippen LogP contribution in [0.2, 0.25) is 0 Å². The van der Waals surface area contributed by atoms with Crippen LogP contribution in [0.15, 0.2) is 196 Å². The molecule has 0 saturated carbocycles. The van der Waals surface area contributed by atoms with E-state index in [0.717, 1.165) is 54.0 Å². The highest BCUT2D eigenvalue weighted by atomic mass is 19.4. The van der Waals surface area contributed by atoms with Crippen molar-refractivity contribution < 1.29 is 113 Å². The molecule has 115 heavy (non-hydrogen) atoms. The zero-order valence-corrected chi connectivity index (χ0v) is 61.5. The van der Waals surface area contributed by atoms with Crippen LogP contribution in [0.4, 0.5) is 71.5 Å². The molecule has 6 N–H and O–H groups in total. The fraction of sp³-hybridized carbons (Fsp3) is 0.241. The maximum Gasteiger partial charge on any atom is 0.416 e. The Bertz CT molecular complexity index is 5260. The minimum absolute atomic E-state index is 0.0432. The second-order valence-corrected chi connectivity index (χ2v) is 27.0. The summed E-state index contributed by atoms with van der Waals surface area (Å²) in [5, 5.41) is 18.7. The number of pyridine rings is 3. The SMILES string of the molecule is CC(C)C(=O)NCc1cnc(C(F)F)c(C(=O)Cc2ccc3oc(-c4ccc(C(F)(F)F)cc4)cc3c2)c1.CC(C)C(=O)NCc1cnc(C(F)F)c(C(=O)Cc2ccc3oc(-c4ccc(C(F)(F)F)cc4)cc3c2)c1.CC(C)C(=O)NCc1cnc(C(F)F)c(C(=O)O)c1.Nc1ccc2oc(-c3ccc(C(F)(F)F)cc3)cc2c1. The molecule has 12 aromatic rings. The minimum atomic E-state index is -4.45. The zero-order valence-electron chi connectivity index (χ0n) is 61.5. The number of nitrogen functional groups attached to an aromatic ring is 1. The molecule has 3 amide bonds.